The van der Waals surface area contributed by atoms with Crippen molar-refractivity contribution in [3.05, 3.63) is 94.0 Å². The zero-order valence-electron chi connectivity index (χ0n) is 18.2. The molecule has 1 aliphatic heterocycles. The average Bonchev–Trinajstić information content (AvgIpc) is 3.06. The van der Waals surface area contributed by atoms with Crippen LogP contribution >= 0.6 is 11.6 Å². The summed E-state index contributed by atoms with van der Waals surface area (Å²) >= 11 is 6.00. The molecule has 3 heterocycles. The molecule has 5 nitrogen and oxygen atoms in total. The average molecular weight is 445 g/mol. The van der Waals surface area contributed by atoms with Gasteiger partial charge in [-0.2, -0.15) is 0 Å². The third-order valence-corrected chi connectivity index (χ3v) is 6.39. The quantitative estimate of drug-likeness (QED) is 0.453. The van der Waals surface area contributed by atoms with Crippen molar-refractivity contribution in [1.29, 1.82) is 0 Å². The second-order valence-electron chi connectivity index (χ2n) is 8.38. The highest BCUT2D eigenvalue weighted by Crippen LogP contribution is 2.27. The Balaban J connectivity index is 1.35. The van der Waals surface area contributed by atoms with Gasteiger partial charge in [-0.15, -0.1) is 0 Å². The molecule has 0 saturated heterocycles. The molecule has 0 bridgehead atoms. The van der Waals surface area contributed by atoms with Gasteiger partial charge in [0.25, 0.3) is 0 Å². The predicted octanol–water partition coefficient (Wildman–Crippen LogP) is 5.47. The Morgan fingerprint density at radius 3 is 2.66 bits per heavy atom. The molecule has 32 heavy (non-hydrogen) atoms. The number of aromatic hydroxyl groups is 1. The van der Waals surface area contributed by atoms with Crippen LogP contribution in [0.15, 0.2) is 60.8 Å². The second-order valence-corrected chi connectivity index (χ2v) is 8.82. The maximum atomic E-state index is 9.88. The van der Waals surface area contributed by atoms with Gasteiger partial charge in [0.05, 0.1) is 5.69 Å². The molecule has 0 saturated carbocycles. The minimum atomic E-state index is 0.280. The van der Waals surface area contributed by atoms with E-state index in [4.69, 9.17) is 16.6 Å². The van der Waals surface area contributed by atoms with Gasteiger partial charge in [0, 0.05) is 71.5 Å². The van der Waals surface area contributed by atoms with Crippen LogP contribution in [-0.4, -0.2) is 31.1 Å². The third kappa shape index (κ3) is 4.01. The zero-order valence-corrected chi connectivity index (χ0v) is 19.0. The number of aromatic nitrogens is 3. The second kappa shape index (κ2) is 8.41. The Bertz CT molecular complexity index is 1280. The van der Waals surface area contributed by atoms with E-state index in [2.05, 4.69) is 34.4 Å². The molecular weight excluding hydrogens is 420 g/mol. The summed E-state index contributed by atoms with van der Waals surface area (Å²) in [5.41, 5.74) is 7.96. The fourth-order valence-electron chi connectivity index (χ4n) is 4.51. The fourth-order valence-corrected chi connectivity index (χ4v) is 4.63. The number of fused-ring (bicyclic) bond motifs is 1. The van der Waals surface area contributed by atoms with Crippen LogP contribution in [0.2, 0.25) is 5.02 Å². The number of aryl methyl sites for hydroxylation is 1. The molecule has 4 aromatic rings. The van der Waals surface area contributed by atoms with Crippen LogP contribution in [0.1, 0.15) is 28.2 Å². The molecule has 1 N–H and O–H groups in total. The van der Waals surface area contributed by atoms with E-state index >= 15 is 0 Å². The van der Waals surface area contributed by atoms with Crippen molar-refractivity contribution in [2.75, 3.05) is 6.54 Å². The van der Waals surface area contributed by atoms with Crippen LogP contribution in [0.5, 0.6) is 5.75 Å². The molecule has 0 fully saturated rings. The minimum Gasteiger partial charge on any atom is -0.508 e. The van der Waals surface area contributed by atoms with Gasteiger partial charge in [-0.3, -0.25) is 4.90 Å². The van der Waals surface area contributed by atoms with Crippen molar-refractivity contribution in [2.45, 2.75) is 33.4 Å². The largest absolute Gasteiger partial charge is 0.508 e. The highest BCUT2D eigenvalue weighted by molar-refractivity contribution is 6.30. The fraction of sp³-hybridized carbons (Fsp3) is 0.231. The van der Waals surface area contributed by atoms with E-state index in [1.165, 1.54) is 16.8 Å². The summed E-state index contributed by atoms with van der Waals surface area (Å²) in [4.78, 5) is 11.9. The topological polar surface area (TPSA) is 54.2 Å². The van der Waals surface area contributed by atoms with E-state index in [9.17, 15) is 5.11 Å². The number of rotatable bonds is 4. The summed E-state index contributed by atoms with van der Waals surface area (Å²) < 4.78 is 2.20. The zero-order chi connectivity index (χ0) is 22.2. The number of benzene rings is 2. The van der Waals surface area contributed by atoms with Crippen LogP contribution in [0.25, 0.3) is 17.1 Å². The van der Waals surface area contributed by atoms with Crippen molar-refractivity contribution < 1.29 is 5.11 Å². The standard InChI is InChI=1S/C26H25ClN4O/c1-17-12-20(18(2)31(17)23-4-3-5-24(32)13-23)15-30-11-10-25-21(16-30)14-28-26(29-25)19-6-8-22(27)9-7-19/h3-9,12-14,32H,10-11,15-16H2,1-2H3. The highest BCUT2D eigenvalue weighted by atomic mass is 35.5. The molecule has 0 radical (unpaired) electrons. The Morgan fingerprint density at radius 2 is 1.88 bits per heavy atom. The van der Waals surface area contributed by atoms with Gasteiger partial charge in [-0.25, -0.2) is 9.97 Å². The van der Waals surface area contributed by atoms with Crippen molar-refractivity contribution >= 4 is 11.6 Å². The maximum Gasteiger partial charge on any atom is 0.159 e. The molecular formula is C26H25ClN4O. The Hall–Kier alpha value is -3.15. The smallest absolute Gasteiger partial charge is 0.159 e. The van der Waals surface area contributed by atoms with E-state index < -0.39 is 0 Å². The minimum absolute atomic E-state index is 0.280. The van der Waals surface area contributed by atoms with E-state index in [1.54, 1.807) is 12.1 Å². The summed E-state index contributed by atoms with van der Waals surface area (Å²) in [6, 6.07) is 17.3. The first kappa shape index (κ1) is 20.7. The van der Waals surface area contributed by atoms with Gasteiger partial charge in [-0.05, 0) is 61.9 Å². The maximum absolute atomic E-state index is 9.88. The Morgan fingerprint density at radius 1 is 1.06 bits per heavy atom. The lowest BCUT2D eigenvalue weighted by atomic mass is 10.1. The van der Waals surface area contributed by atoms with Gasteiger partial charge in [-0.1, -0.05) is 17.7 Å². The molecule has 0 aliphatic carbocycles. The first-order valence-electron chi connectivity index (χ1n) is 10.8. The van der Waals surface area contributed by atoms with Crippen molar-refractivity contribution in [2.24, 2.45) is 0 Å². The van der Waals surface area contributed by atoms with Gasteiger partial charge in [0.1, 0.15) is 5.75 Å². The number of halogens is 1. The Kier molecular flexibility index (Phi) is 5.45. The molecule has 2 aromatic carbocycles. The predicted molar refractivity (Wildman–Crippen MR) is 127 cm³/mol. The summed E-state index contributed by atoms with van der Waals surface area (Å²) in [6.07, 6.45) is 2.87. The van der Waals surface area contributed by atoms with Crippen LogP contribution in [-0.2, 0) is 19.5 Å². The van der Waals surface area contributed by atoms with Crippen LogP contribution in [0, 0.1) is 13.8 Å². The van der Waals surface area contributed by atoms with Gasteiger partial charge >= 0.3 is 0 Å². The summed E-state index contributed by atoms with van der Waals surface area (Å²) in [5, 5.41) is 10.6. The lowest BCUT2D eigenvalue weighted by Gasteiger charge is -2.28. The number of hydrogen-bond donors (Lipinski definition) is 1. The van der Waals surface area contributed by atoms with Crippen LogP contribution in [0.4, 0.5) is 0 Å². The normalized spacial score (nSPS) is 13.8. The third-order valence-electron chi connectivity index (χ3n) is 6.13. The lowest BCUT2D eigenvalue weighted by molar-refractivity contribution is 0.242. The molecule has 6 heteroatoms. The number of phenols is 1. The van der Waals surface area contributed by atoms with Crippen molar-refractivity contribution in [3.63, 3.8) is 0 Å². The number of nitrogens with zero attached hydrogens (tertiary/aromatic N) is 4. The molecule has 5 rings (SSSR count). The molecule has 0 spiro atoms. The van der Waals surface area contributed by atoms with E-state index in [1.807, 2.05) is 42.6 Å². The van der Waals surface area contributed by atoms with E-state index in [0.717, 1.165) is 54.5 Å². The number of phenolic OH excluding ortho intramolecular Hbond substituents is 1. The monoisotopic (exact) mass is 444 g/mol. The first-order chi connectivity index (χ1) is 15.5. The van der Waals surface area contributed by atoms with Crippen LogP contribution in [0.3, 0.4) is 0 Å². The lowest BCUT2D eigenvalue weighted by Crippen LogP contribution is -2.31. The molecule has 162 valence electrons. The van der Waals surface area contributed by atoms with Crippen molar-refractivity contribution in [3.8, 4) is 22.8 Å². The molecule has 1 aliphatic rings. The van der Waals surface area contributed by atoms with Gasteiger partial charge in [0.2, 0.25) is 0 Å². The molecule has 0 amide bonds. The molecule has 0 unspecified atom stereocenters. The van der Waals surface area contributed by atoms with Crippen LogP contribution < -0.4 is 0 Å². The molecule has 2 aromatic heterocycles. The van der Waals surface area contributed by atoms with E-state index in [-0.39, 0.29) is 5.75 Å². The van der Waals surface area contributed by atoms with E-state index in [0.29, 0.717) is 5.02 Å². The van der Waals surface area contributed by atoms with Gasteiger partial charge < -0.3 is 9.67 Å². The molecule has 0 atom stereocenters. The number of hydrogen-bond acceptors (Lipinski definition) is 4. The highest BCUT2D eigenvalue weighted by Gasteiger charge is 2.21. The summed E-state index contributed by atoms with van der Waals surface area (Å²) in [6.45, 7) is 6.92. The summed E-state index contributed by atoms with van der Waals surface area (Å²) in [5.74, 6) is 1.03. The van der Waals surface area contributed by atoms with Gasteiger partial charge in [0.15, 0.2) is 5.82 Å². The summed E-state index contributed by atoms with van der Waals surface area (Å²) in [7, 11) is 0. The van der Waals surface area contributed by atoms with Crippen molar-refractivity contribution in [1.82, 2.24) is 19.4 Å². The first-order valence-corrected chi connectivity index (χ1v) is 11.2. The SMILES string of the molecule is Cc1cc(CN2CCc3nc(-c4ccc(Cl)cc4)ncc3C2)c(C)n1-c1cccc(O)c1. The Labute approximate surface area is 193 Å².